The van der Waals surface area contributed by atoms with E-state index in [9.17, 15) is 4.79 Å². The fraction of sp³-hybridized carbons (Fsp3) is 0.938. The summed E-state index contributed by atoms with van der Waals surface area (Å²) in [5, 5.41) is 3.85. The Morgan fingerprint density at radius 1 is 1.20 bits per heavy atom. The van der Waals surface area contributed by atoms with Crippen molar-refractivity contribution in [1.82, 2.24) is 10.2 Å². The predicted octanol–water partition coefficient (Wildman–Crippen LogP) is 2.04. The minimum atomic E-state index is 0.130. The summed E-state index contributed by atoms with van der Waals surface area (Å²) in [6.45, 7) is 6.71. The van der Waals surface area contributed by atoms with Crippen molar-refractivity contribution in [3.05, 3.63) is 0 Å². The van der Waals surface area contributed by atoms with Gasteiger partial charge in [-0.25, -0.2) is 0 Å². The third-order valence-corrected chi connectivity index (χ3v) is 5.00. The number of hydrogen-bond donors (Lipinski definition) is 1. The zero-order valence-electron chi connectivity index (χ0n) is 13.2. The highest BCUT2D eigenvalue weighted by Crippen LogP contribution is 2.29. The molecule has 116 valence electrons. The van der Waals surface area contributed by atoms with Crippen molar-refractivity contribution >= 4 is 5.91 Å². The smallest absolute Gasteiger partial charge is 0.248 e. The van der Waals surface area contributed by atoms with Crippen molar-refractivity contribution in [2.45, 2.75) is 58.0 Å². The first-order valence-electron chi connectivity index (χ1n) is 8.13. The van der Waals surface area contributed by atoms with Crippen molar-refractivity contribution in [3.8, 4) is 0 Å². The van der Waals surface area contributed by atoms with Gasteiger partial charge < -0.3 is 15.0 Å². The second-order valence-electron chi connectivity index (χ2n) is 6.76. The van der Waals surface area contributed by atoms with Gasteiger partial charge in [0.15, 0.2) is 0 Å². The number of hydrogen-bond acceptors (Lipinski definition) is 3. The van der Waals surface area contributed by atoms with Crippen LogP contribution in [0.5, 0.6) is 0 Å². The highest BCUT2D eigenvalue weighted by molar-refractivity contribution is 5.77. The number of methoxy groups -OCH3 is 1. The number of ether oxygens (including phenoxy) is 1. The summed E-state index contributed by atoms with van der Waals surface area (Å²) in [5.74, 6) is 1.80. The van der Waals surface area contributed by atoms with Crippen LogP contribution in [0.1, 0.15) is 46.0 Å². The van der Waals surface area contributed by atoms with Gasteiger partial charge in [-0.1, -0.05) is 13.8 Å². The van der Waals surface area contributed by atoms with E-state index in [2.05, 4.69) is 19.2 Å². The first-order chi connectivity index (χ1) is 9.60. The van der Waals surface area contributed by atoms with Crippen LogP contribution in [0.2, 0.25) is 0 Å². The SMILES string of the molecule is COCC(=O)N1CCC(NC2CCC(C)CC2C)CC1. The molecule has 1 aliphatic carbocycles. The van der Waals surface area contributed by atoms with Crippen LogP contribution in [0.3, 0.4) is 0 Å². The molecule has 20 heavy (non-hydrogen) atoms. The van der Waals surface area contributed by atoms with Gasteiger partial charge in [0.05, 0.1) is 0 Å². The fourth-order valence-corrected chi connectivity index (χ4v) is 3.73. The topological polar surface area (TPSA) is 41.6 Å². The van der Waals surface area contributed by atoms with E-state index >= 15 is 0 Å². The molecule has 2 fully saturated rings. The number of amides is 1. The van der Waals surface area contributed by atoms with Crippen molar-refractivity contribution in [1.29, 1.82) is 0 Å². The third-order valence-electron chi connectivity index (χ3n) is 5.00. The maximum atomic E-state index is 11.8. The molecule has 0 radical (unpaired) electrons. The van der Waals surface area contributed by atoms with Crippen molar-refractivity contribution in [2.24, 2.45) is 11.8 Å². The van der Waals surface area contributed by atoms with Gasteiger partial charge in [0.2, 0.25) is 5.91 Å². The van der Waals surface area contributed by atoms with E-state index in [0.717, 1.165) is 37.8 Å². The largest absolute Gasteiger partial charge is 0.375 e. The zero-order valence-corrected chi connectivity index (χ0v) is 13.2. The number of nitrogens with zero attached hydrogens (tertiary/aromatic N) is 1. The molecule has 3 atom stereocenters. The molecule has 2 aliphatic rings. The molecule has 4 heteroatoms. The summed E-state index contributed by atoms with van der Waals surface area (Å²) in [7, 11) is 1.58. The van der Waals surface area contributed by atoms with Gasteiger partial charge in [0, 0.05) is 32.3 Å². The predicted molar refractivity (Wildman–Crippen MR) is 80.6 cm³/mol. The maximum Gasteiger partial charge on any atom is 0.248 e. The third kappa shape index (κ3) is 4.19. The number of likely N-dealkylation sites (tertiary alicyclic amines) is 1. The Kier molecular flexibility index (Phi) is 5.85. The number of carbonyl (C=O) groups is 1. The van der Waals surface area contributed by atoms with Crippen LogP contribution in [-0.2, 0) is 9.53 Å². The summed E-state index contributed by atoms with van der Waals surface area (Å²) in [5.41, 5.74) is 0. The van der Waals surface area contributed by atoms with Gasteiger partial charge in [0.25, 0.3) is 0 Å². The van der Waals surface area contributed by atoms with Crippen LogP contribution in [0.25, 0.3) is 0 Å². The number of piperidine rings is 1. The van der Waals surface area contributed by atoms with E-state index in [1.165, 1.54) is 19.3 Å². The molecule has 1 amide bonds. The average molecular weight is 282 g/mol. The molecule has 0 spiro atoms. The quantitative estimate of drug-likeness (QED) is 0.858. The van der Waals surface area contributed by atoms with Crippen LogP contribution in [0, 0.1) is 11.8 Å². The molecule has 1 aliphatic heterocycles. The van der Waals surface area contributed by atoms with Gasteiger partial charge in [-0.2, -0.15) is 0 Å². The Morgan fingerprint density at radius 3 is 2.50 bits per heavy atom. The summed E-state index contributed by atoms with van der Waals surface area (Å²) >= 11 is 0. The van der Waals surface area contributed by atoms with Crippen molar-refractivity contribution in [2.75, 3.05) is 26.8 Å². The number of rotatable bonds is 4. The Balaban J connectivity index is 1.73. The molecule has 1 N–H and O–H groups in total. The molecule has 2 rings (SSSR count). The van der Waals surface area contributed by atoms with Crippen molar-refractivity contribution in [3.63, 3.8) is 0 Å². The Labute approximate surface area is 123 Å². The Bertz CT molecular complexity index is 314. The van der Waals surface area contributed by atoms with E-state index in [1.54, 1.807) is 7.11 Å². The number of nitrogens with one attached hydrogen (secondary N) is 1. The normalized spacial score (nSPS) is 32.4. The molecule has 0 aromatic heterocycles. The van der Waals surface area contributed by atoms with Crippen LogP contribution in [0.4, 0.5) is 0 Å². The van der Waals surface area contributed by atoms with E-state index in [-0.39, 0.29) is 12.5 Å². The van der Waals surface area contributed by atoms with Crippen LogP contribution in [-0.4, -0.2) is 49.7 Å². The lowest BCUT2D eigenvalue weighted by atomic mass is 9.79. The summed E-state index contributed by atoms with van der Waals surface area (Å²) < 4.78 is 4.92. The molecule has 1 heterocycles. The molecule has 1 saturated heterocycles. The highest BCUT2D eigenvalue weighted by atomic mass is 16.5. The molecule has 4 nitrogen and oxygen atoms in total. The fourth-order valence-electron chi connectivity index (χ4n) is 3.73. The lowest BCUT2D eigenvalue weighted by Crippen LogP contribution is -2.50. The van der Waals surface area contributed by atoms with Gasteiger partial charge >= 0.3 is 0 Å². The molecular weight excluding hydrogens is 252 g/mol. The number of carbonyl (C=O) groups excluding carboxylic acids is 1. The minimum Gasteiger partial charge on any atom is -0.375 e. The van der Waals surface area contributed by atoms with Crippen LogP contribution < -0.4 is 5.32 Å². The Hall–Kier alpha value is -0.610. The van der Waals surface area contributed by atoms with Crippen molar-refractivity contribution < 1.29 is 9.53 Å². The van der Waals surface area contributed by atoms with E-state index in [4.69, 9.17) is 4.74 Å². The molecule has 0 aromatic carbocycles. The molecule has 0 bridgehead atoms. The van der Waals surface area contributed by atoms with Crippen LogP contribution in [0.15, 0.2) is 0 Å². The summed E-state index contributed by atoms with van der Waals surface area (Å²) in [6, 6.07) is 1.26. The standard InChI is InChI=1S/C16H30N2O2/c1-12-4-5-15(13(2)10-12)17-14-6-8-18(9-7-14)16(19)11-20-3/h12-15,17H,4-11H2,1-3H3. The molecular formula is C16H30N2O2. The monoisotopic (exact) mass is 282 g/mol. The Morgan fingerprint density at radius 2 is 1.90 bits per heavy atom. The molecule has 0 aromatic rings. The zero-order chi connectivity index (χ0) is 14.5. The van der Waals surface area contributed by atoms with Gasteiger partial charge in [-0.3, -0.25) is 4.79 Å². The second-order valence-corrected chi connectivity index (χ2v) is 6.76. The van der Waals surface area contributed by atoms with Crippen LogP contribution >= 0.6 is 0 Å². The lowest BCUT2D eigenvalue weighted by Gasteiger charge is -2.39. The maximum absolute atomic E-state index is 11.8. The summed E-state index contributed by atoms with van der Waals surface area (Å²) in [6.07, 6.45) is 6.17. The summed E-state index contributed by atoms with van der Waals surface area (Å²) in [4.78, 5) is 13.7. The van der Waals surface area contributed by atoms with Gasteiger partial charge in [0.1, 0.15) is 6.61 Å². The average Bonchev–Trinajstić information content (AvgIpc) is 2.43. The van der Waals surface area contributed by atoms with Gasteiger partial charge in [-0.15, -0.1) is 0 Å². The second kappa shape index (κ2) is 7.41. The highest BCUT2D eigenvalue weighted by Gasteiger charge is 2.29. The molecule has 1 saturated carbocycles. The minimum absolute atomic E-state index is 0.130. The molecule has 3 unspecified atom stereocenters. The van der Waals surface area contributed by atoms with E-state index in [0.29, 0.717) is 12.1 Å². The van der Waals surface area contributed by atoms with E-state index < -0.39 is 0 Å². The first kappa shape index (κ1) is 15.8. The lowest BCUT2D eigenvalue weighted by molar-refractivity contribution is -0.136. The van der Waals surface area contributed by atoms with Gasteiger partial charge in [-0.05, 0) is 43.9 Å². The van der Waals surface area contributed by atoms with E-state index in [1.807, 2.05) is 4.90 Å². The first-order valence-corrected chi connectivity index (χ1v) is 8.13.